The van der Waals surface area contributed by atoms with Gasteiger partial charge in [-0.25, -0.2) is 4.79 Å². The SMILES string of the molecule is CN(C)CCCOC(=O)c1ccccc1Cl.[Cl-]. The van der Waals surface area contributed by atoms with Crippen LogP contribution < -0.4 is 12.4 Å². The van der Waals surface area contributed by atoms with E-state index in [4.69, 9.17) is 16.3 Å². The summed E-state index contributed by atoms with van der Waals surface area (Å²) in [6.07, 6.45) is 0.823. The molecule has 96 valence electrons. The first-order valence-corrected chi connectivity index (χ1v) is 5.55. The van der Waals surface area contributed by atoms with Crippen LogP contribution in [-0.4, -0.2) is 38.1 Å². The van der Waals surface area contributed by atoms with Gasteiger partial charge in [-0.05, 0) is 32.6 Å². The number of carbonyl (C=O) groups is 1. The molecule has 0 aliphatic rings. The molecule has 0 bridgehead atoms. The van der Waals surface area contributed by atoms with E-state index in [9.17, 15) is 4.79 Å². The van der Waals surface area contributed by atoms with Crippen LogP contribution in [-0.2, 0) is 4.74 Å². The van der Waals surface area contributed by atoms with Crippen molar-refractivity contribution in [3.05, 3.63) is 34.9 Å². The summed E-state index contributed by atoms with van der Waals surface area (Å²) in [6.45, 7) is 1.32. The van der Waals surface area contributed by atoms with E-state index >= 15 is 0 Å². The quantitative estimate of drug-likeness (QED) is 0.534. The summed E-state index contributed by atoms with van der Waals surface area (Å²) in [5, 5.41) is 0.431. The number of rotatable bonds is 5. The number of esters is 1. The Balaban J connectivity index is 0.00000256. The molecule has 17 heavy (non-hydrogen) atoms. The zero-order valence-corrected chi connectivity index (χ0v) is 11.5. The van der Waals surface area contributed by atoms with Gasteiger partial charge >= 0.3 is 5.97 Å². The lowest BCUT2D eigenvalue weighted by atomic mass is 10.2. The third-order valence-corrected chi connectivity index (χ3v) is 2.41. The van der Waals surface area contributed by atoms with Crippen molar-refractivity contribution < 1.29 is 21.9 Å². The summed E-state index contributed by atoms with van der Waals surface area (Å²) in [5.74, 6) is -0.357. The molecule has 0 atom stereocenters. The van der Waals surface area contributed by atoms with Gasteiger partial charge in [-0.1, -0.05) is 23.7 Å². The molecule has 0 aliphatic heterocycles. The summed E-state index contributed by atoms with van der Waals surface area (Å²) in [6, 6.07) is 6.89. The van der Waals surface area contributed by atoms with E-state index in [1.807, 2.05) is 19.0 Å². The fraction of sp³-hybridized carbons (Fsp3) is 0.417. The predicted molar refractivity (Wildman–Crippen MR) is 64.9 cm³/mol. The largest absolute Gasteiger partial charge is 1.00 e. The maximum absolute atomic E-state index is 11.6. The molecule has 1 aromatic carbocycles. The van der Waals surface area contributed by atoms with Crippen LogP contribution in [0.5, 0.6) is 0 Å². The van der Waals surface area contributed by atoms with E-state index in [2.05, 4.69) is 0 Å². The van der Waals surface area contributed by atoms with Crippen LogP contribution in [0, 0.1) is 0 Å². The molecule has 0 radical (unpaired) electrons. The smallest absolute Gasteiger partial charge is 0.339 e. The minimum Gasteiger partial charge on any atom is -1.00 e. The summed E-state index contributed by atoms with van der Waals surface area (Å²) >= 11 is 5.87. The molecule has 0 heterocycles. The molecular weight excluding hydrogens is 261 g/mol. The van der Waals surface area contributed by atoms with E-state index in [0.29, 0.717) is 17.2 Å². The van der Waals surface area contributed by atoms with Crippen LogP contribution in [0.25, 0.3) is 0 Å². The van der Waals surface area contributed by atoms with Crippen LogP contribution in [0.1, 0.15) is 16.8 Å². The normalized spacial score (nSPS) is 9.88. The Kier molecular flexibility index (Phi) is 7.96. The summed E-state index contributed by atoms with van der Waals surface area (Å²) in [5.41, 5.74) is 0.425. The van der Waals surface area contributed by atoms with Gasteiger partial charge in [-0.15, -0.1) is 0 Å². The Hall–Kier alpha value is -0.770. The van der Waals surface area contributed by atoms with Gasteiger partial charge in [0.05, 0.1) is 17.2 Å². The second-order valence-electron chi connectivity index (χ2n) is 3.77. The molecule has 0 amide bonds. The fourth-order valence-corrected chi connectivity index (χ4v) is 1.46. The number of halogens is 2. The Morgan fingerprint density at radius 2 is 2.00 bits per heavy atom. The zero-order chi connectivity index (χ0) is 12.0. The molecule has 5 heteroatoms. The van der Waals surface area contributed by atoms with E-state index in [1.54, 1.807) is 24.3 Å². The van der Waals surface area contributed by atoms with Gasteiger partial charge in [0.1, 0.15) is 0 Å². The molecule has 0 saturated carbocycles. The lowest BCUT2D eigenvalue weighted by Crippen LogP contribution is -3.00. The third-order valence-electron chi connectivity index (χ3n) is 2.08. The average Bonchev–Trinajstić information content (AvgIpc) is 2.24. The number of hydrogen-bond donors (Lipinski definition) is 0. The molecule has 0 aliphatic carbocycles. The zero-order valence-electron chi connectivity index (χ0n) is 9.95. The molecule has 1 aromatic rings. The van der Waals surface area contributed by atoms with Crippen molar-refractivity contribution in [2.45, 2.75) is 6.42 Å². The third kappa shape index (κ3) is 5.91. The molecule has 0 fully saturated rings. The molecule has 3 nitrogen and oxygen atoms in total. The second kappa shape index (κ2) is 8.34. The maximum Gasteiger partial charge on any atom is 0.339 e. The van der Waals surface area contributed by atoms with Gasteiger partial charge in [0.2, 0.25) is 0 Å². The maximum atomic E-state index is 11.6. The monoisotopic (exact) mass is 276 g/mol. The highest BCUT2D eigenvalue weighted by atomic mass is 35.5. The molecule has 0 N–H and O–H groups in total. The standard InChI is InChI=1S/C12H16ClNO2.ClH/c1-14(2)8-5-9-16-12(15)10-6-3-4-7-11(10)13;/h3-4,6-7H,5,8-9H2,1-2H3;1H/p-1. The summed E-state index contributed by atoms with van der Waals surface area (Å²) in [4.78, 5) is 13.6. The average molecular weight is 277 g/mol. The molecular formula is C12H16Cl2NO2-. The molecule has 0 saturated heterocycles. The van der Waals surface area contributed by atoms with Crippen molar-refractivity contribution in [3.8, 4) is 0 Å². The summed E-state index contributed by atoms with van der Waals surface area (Å²) < 4.78 is 5.11. The summed E-state index contributed by atoms with van der Waals surface area (Å²) in [7, 11) is 3.96. The highest BCUT2D eigenvalue weighted by molar-refractivity contribution is 6.33. The second-order valence-corrected chi connectivity index (χ2v) is 4.18. The Bertz CT molecular complexity index is 356. The minimum atomic E-state index is -0.357. The van der Waals surface area contributed by atoms with Crippen LogP contribution >= 0.6 is 11.6 Å². The topological polar surface area (TPSA) is 29.5 Å². The first-order chi connectivity index (χ1) is 7.61. The van der Waals surface area contributed by atoms with Gasteiger partial charge in [0.15, 0.2) is 0 Å². The number of benzene rings is 1. The Morgan fingerprint density at radius 3 is 2.59 bits per heavy atom. The van der Waals surface area contributed by atoms with Crippen LogP contribution in [0.15, 0.2) is 24.3 Å². The lowest BCUT2D eigenvalue weighted by Gasteiger charge is -2.09. The highest BCUT2D eigenvalue weighted by Gasteiger charge is 2.10. The first-order valence-electron chi connectivity index (χ1n) is 5.17. The van der Waals surface area contributed by atoms with Crippen molar-refractivity contribution in [2.24, 2.45) is 0 Å². The first kappa shape index (κ1) is 16.2. The predicted octanol–water partition coefficient (Wildman–Crippen LogP) is -0.547. The van der Waals surface area contributed by atoms with Crippen molar-refractivity contribution in [1.82, 2.24) is 4.90 Å². The van der Waals surface area contributed by atoms with Gasteiger partial charge < -0.3 is 22.0 Å². The number of nitrogens with zero attached hydrogens (tertiary/aromatic N) is 1. The minimum absolute atomic E-state index is 0. The molecule has 0 aromatic heterocycles. The van der Waals surface area contributed by atoms with Crippen molar-refractivity contribution in [2.75, 3.05) is 27.2 Å². The molecule has 0 spiro atoms. The molecule has 0 unspecified atom stereocenters. The van der Waals surface area contributed by atoms with Gasteiger partial charge in [-0.3, -0.25) is 0 Å². The Morgan fingerprint density at radius 1 is 1.35 bits per heavy atom. The van der Waals surface area contributed by atoms with Gasteiger partial charge in [0, 0.05) is 6.54 Å². The van der Waals surface area contributed by atoms with Crippen molar-refractivity contribution >= 4 is 17.6 Å². The van der Waals surface area contributed by atoms with Crippen molar-refractivity contribution in [3.63, 3.8) is 0 Å². The van der Waals surface area contributed by atoms with Gasteiger partial charge in [0.25, 0.3) is 0 Å². The van der Waals surface area contributed by atoms with Crippen LogP contribution in [0.3, 0.4) is 0 Å². The van der Waals surface area contributed by atoms with Crippen molar-refractivity contribution in [1.29, 1.82) is 0 Å². The van der Waals surface area contributed by atoms with Crippen LogP contribution in [0.4, 0.5) is 0 Å². The van der Waals surface area contributed by atoms with Gasteiger partial charge in [-0.2, -0.15) is 0 Å². The van der Waals surface area contributed by atoms with E-state index in [1.165, 1.54) is 0 Å². The number of carbonyl (C=O) groups excluding carboxylic acids is 1. The van der Waals surface area contributed by atoms with E-state index < -0.39 is 0 Å². The Labute approximate surface area is 113 Å². The van der Waals surface area contributed by atoms with Crippen LogP contribution in [0.2, 0.25) is 5.02 Å². The highest BCUT2D eigenvalue weighted by Crippen LogP contribution is 2.15. The van der Waals surface area contributed by atoms with E-state index in [-0.39, 0.29) is 18.4 Å². The number of hydrogen-bond acceptors (Lipinski definition) is 3. The fourth-order valence-electron chi connectivity index (χ4n) is 1.25. The molecule has 1 rings (SSSR count). The van der Waals surface area contributed by atoms with E-state index in [0.717, 1.165) is 13.0 Å². The number of ether oxygens (including phenoxy) is 1. The lowest BCUT2D eigenvalue weighted by molar-refractivity contribution is -0.0000217.